The summed E-state index contributed by atoms with van der Waals surface area (Å²) in [5.41, 5.74) is 17.2. The number of rotatable bonds is 6. The summed E-state index contributed by atoms with van der Waals surface area (Å²) in [5, 5.41) is 7.14. The molecule has 0 N–H and O–H groups in total. The molecule has 0 saturated carbocycles. The Labute approximate surface area is 391 Å². The molecular weight excluding hydrogens is 813 g/mol. The van der Waals surface area contributed by atoms with E-state index in [9.17, 15) is 0 Å². The van der Waals surface area contributed by atoms with E-state index in [0.717, 1.165) is 82.3 Å². The van der Waals surface area contributed by atoms with Gasteiger partial charge in [0.1, 0.15) is 0 Å². The Kier molecular flexibility index (Phi) is 9.42. The SMILES string of the molecule is C=C1CC=CC=C1c1nc(-c2ccc(-c3ccc4c5ccc6ccccc6c5n(-c5ccccc5)c4c3)cc2)nc2c1=CC(C1C=CC3=C(C1)CN(c1ccccc1)C1=C3C=CCC1)[C@H](C)C=2. The summed E-state index contributed by atoms with van der Waals surface area (Å²) in [6.07, 6.45) is 25.1. The van der Waals surface area contributed by atoms with Crippen molar-refractivity contribution in [3.8, 4) is 28.2 Å². The van der Waals surface area contributed by atoms with Crippen LogP contribution in [0.2, 0.25) is 0 Å². The van der Waals surface area contributed by atoms with Gasteiger partial charge in [0.15, 0.2) is 5.82 Å². The quantitative estimate of drug-likeness (QED) is 0.167. The molecule has 0 fully saturated rings. The molecule has 2 aromatic heterocycles. The Balaban J connectivity index is 0.865. The van der Waals surface area contributed by atoms with E-state index in [-0.39, 0.29) is 0 Å². The third kappa shape index (κ3) is 6.65. The van der Waals surface area contributed by atoms with Gasteiger partial charge in [-0.1, -0.05) is 177 Å². The predicted molar refractivity (Wildman–Crippen MR) is 280 cm³/mol. The lowest BCUT2D eigenvalue weighted by Gasteiger charge is -2.40. The number of anilines is 1. The molecule has 0 spiro atoms. The van der Waals surface area contributed by atoms with Crippen LogP contribution in [0.4, 0.5) is 5.69 Å². The Morgan fingerprint density at radius 2 is 1.43 bits per heavy atom. The van der Waals surface area contributed by atoms with E-state index in [1.807, 2.05) is 0 Å². The molecule has 13 rings (SSSR count). The molecule has 0 bridgehead atoms. The van der Waals surface area contributed by atoms with E-state index < -0.39 is 0 Å². The molecule has 0 saturated heterocycles. The van der Waals surface area contributed by atoms with Crippen LogP contribution in [0.3, 0.4) is 0 Å². The Hall–Kier alpha value is -7.82. The number of aromatic nitrogens is 3. The van der Waals surface area contributed by atoms with Gasteiger partial charge in [-0.2, -0.15) is 0 Å². The molecule has 6 aromatic carbocycles. The first-order valence-corrected chi connectivity index (χ1v) is 24.0. The highest BCUT2D eigenvalue weighted by molar-refractivity contribution is 6.19. The van der Waals surface area contributed by atoms with Crippen molar-refractivity contribution in [1.29, 1.82) is 0 Å². The molecule has 2 unspecified atom stereocenters. The zero-order valence-electron chi connectivity index (χ0n) is 37.7. The summed E-state index contributed by atoms with van der Waals surface area (Å²) >= 11 is 0. The topological polar surface area (TPSA) is 34.0 Å². The van der Waals surface area contributed by atoms with Crippen molar-refractivity contribution in [2.75, 3.05) is 11.4 Å². The van der Waals surface area contributed by atoms with E-state index in [2.05, 4.69) is 217 Å². The van der Waals surface area contributed by atoms with Crippen LogP contribution in [-0.4, -0.2) is 21.1 Å². The minimum Gasteiger partial charge on any atom is -0.340 e. The molecule has 8 aromatic rings. The van der Waals surface area contributed by atoms with Crippen molar-refractivity contribution in [1.82, 2.24) is 14.5 Å². The van der Waals surface area contributed by atoms with Gasteiger partial charge in [0.2, 0.25) is 0 Å². The lowest BCUT2D eigenvalue weighted by Crippen LogP contribution is -2.41. The van der Waals surface area contributed by atoms with Gasteiger partial charge in [0, 0.05) is 61.7 Å². The van der Waals surface area contributed by atoms with E-state index in [0.29, 0.717) is 17.8 Å². The predicted octanol–water partition coefficient (Wildman–Crippen LogP) is 13.8. The fraction of sp³-hybridized carbons (Fsp3) is 0.143. The molecule has 0 radical (unpaired) electrons. The van der Waals surface area contributed by atoms with Crippen LogP contribution >= 0.6 is 0 Å². The average molecular weight is 863 g/mol. The van der Waals surface area contributed by atoms with Crippen molar-refractivity contribution >= 4 is 56.0 Å². The smallest absolute Gasteiger partial charge is 0.160 e. The summed E-state index contributed by atoms with van der Waals surface area (Å²) in [4.78, 5) is 13.4. The normalized spacial score (nSPS) is 19.9. The molecule has 5 aliphatic rings. The van der Waals surface area contributed by atoms with Gasteiger partial charge in [-0.15, -0.1) is 0 Å². The summed E-state index contributed by atoms with van der Waals surface area (Å²) in [5.74, 6) is 1.70. The number of fused-ring (bicyclic) bond motifs is 7. The van der Waals surface area contributed by atoms with Crippen molar-refractivity contribution in [2.24, 2.45) is 17.8 Å². The van der Waals surface area contributed by atoms with E-state index in [1.54, 1.807) is 0 Å². The van der Waals surface area contributed by atoms with Crippen molar-refractivity contribution < 1.29 is 0 Å². The van der Waals surface area contributed by atoms with Gasteiger partial charge < -0.3 is 9.47 Å². The van der Waals surface area contributed by atoms with Gasteiger partial charge >= 0.3 is 0 Å². The van der Waals surface area contributed by atoms with Crippen LogP contribution in [-0.2, 0) is 0 Å². The minimum absolute atomic E-state index is 0.295. The molecule has 3 atom stereocenters. The summed E-state index contributed by atoms with van der Waals surface area (Å²) in [6.45, 7) is 7.85. The third-order valence-electron chi connectivity index (χ3n) is 14.9. The van der Waals surface area contributed by atoms with Gasteiger partial charge in [-0.05, 0) is 107 Å². The summed E-state index contributed by atoms with van der Waals surface area (Å²) in [7, 11) is 0. The number of benzene rings is 6. The maximum absolute atomic E-state index is 5.45. The van der Waals surface area contributed by atoms with Crippen molar-refractivity contribution in [3.63, 3.8) is 0 Å². The highest BCUT2D eigenvalue weighted by Crippen LogP contribution is 2.44. The molecule has 4 aliphatic carbocycles. The lowest BCUT2D eigenvalue weighted by molar-refractivity contribution is 0.415. The highest BCUT2D eigenvalue weighted by Gasteiger charge is 2.34. The van der Waals surface area contributed by atoms with Gasteiger partial charge in [-0.3, -0.25) is 0 Å². The number of para-hydroxylation sites is 2. The van der Waals surface area contributed by atoms with Crippen molar-refractivity contribution in [2.45, 2.75) is 32.6 Å². The van der Waals surface area contributed by atoms with Gasteiger partial charge in [-0.25, -0.2) is 9.97 Å². The van der Waals surface area contributed by atoms with E-state index >= 15 is 0 Å². The zero-order chi connectivity index (χ0) is 44.6. The van der Waals surface area contributed by atoms with E-state index in [4.69, 9.17) is 9.97 Å². The number of allylic oxidation sites excluding steroid dienone is 12. The first-order chi connectivity index (χ1) is 33.0. The second-order valence-electron chi connectivity index (χ2n) is 18.9. The van der Waals surface area contributed by atoms with Crippen LogP contribution in [0.15, 0.2) is 217 Å². The molecular formula is C63H50N4. The minimum atomic E-state index is 0.295. The zero-order valence-corrected chi connectivity index (χ0v) is 37.7. The molecule has 1 aliphatic heterocycles. The van der Waals surface area contributed by atoms with Crippen LogP contribution in [0.5, 0.6) is 0 Å². The molecule has 3 heterocycles. The van der Waals surface area contributed by atoms with Crippen LogP contribution in [0.25, 0.3) is 78.5 Å². The molecule has 4 heteroatoms. The second-order valence-corrected chi connectivity index (χ2v) is 18.9. The fourth-order valence-corrected chi connectivity index (χ4v) is 11.6. The Morgan fingerprint density at radius 3 is 2.27 bits per heavy atom. The average Bonchev–Trinajstić information content (AvgIpc) is 3.73. The number of nitrogens with zero attached hydrogens (tertiary/aromatic N) is 4. The highest BCUT2D eigenvalue weighted by atomic mass is 15.1. The van der Waals surface area contributed by atoms with Crippen molar-refractivity contribution in [3.05, 3.63) is 233 Å². The molecule has 4 nitrogen and oxygen atoms in total. The maximum atomic E-state index is 5.45. The third-order valence-corrected chi connectivity index (χ3v) is 14.9. The molecule has 67 heavy (non-hydrogen) atoms. The fourth-order valence-electron chi connectivity index (χ4n) is 11.6. The Morgan fingerprint density at radius 1 is 0.672 bits per heavy atom. The lowest BCUT2D eigenvalue weighted by atomic mass is 9.72. The van der Waals surface area contributed by atoms with Gasteiger partial charge in [0.05, 0.1) is 22.1 Å². The first kappa shape index (κ1) is 39.5. The maximum Gasteiger partial charge on any atom is 0.160 e. The monoisotopic (exact) mass is 862 g/mol. The van der Waals surface area contributed by atoms with Gasteiger partial charge in [0.25, 0.3) is 0 Å². The number of hydrogen-bond donors (Lipinski definition) is 0. The Bertz CT molecular complexity index is 3690. The van der Waals surface area contributed by atoms with Crippen LogP contribution < -0.4 is 15.5 Å². The molecule has 0 amide bonds. The standard InChI is InChI=1S/C63H50N4/c1-40-15-9-11-21-50(40)61-57-38-56(46-31-32-51-47(36-46)39-66(48-17-5-3-6-18-48)59-24-14-13-23-53(51)59)41(2)35-58(57)64-63(65-61)44-27-25-42(26-28-44)45-30-33-54-55-34-29-43-16-10-12-22-52(43)62(55)67(60(54)37-45)49-19-7-4-8-20-49/h3-13,16-23,25-35,37-38,41,46,56H,1,14-15,24,36,39H2,2H3/t41-,46?,56?/m1/s1. The van der Waals surface area contributed by atoms with Crippen LogP contribution in [0, 0.1) is 17.8 Å². The van der Waals surface area contributed by atoms with E-state index in [1.165, 1.54) is 66.2 Å². The summed E-state index contributed by atoms with van der Waals surface area (Å²) < 4.78 is 2.44. The molecule has 322 valence electrons. The largest absolute Gasteiger partial charge is 0.340 e. The first-order valence-electron chi connectivity index (χ1n) is 24.0. The van der Waals surface area contributed by atoms with Crippen LogP contribution in [0.1, 0.15) is 38.3 Å². The number of hydrogen-bond acceptors (Lipinski definition) is 3. The second kappa shape index (κ2) is 16.0. The summed E-state index contributed by atoms with van der Waals surface area (Å²) in [6, 6.07) is 50.7.